The molecule has 0 saturated carbocycles. The molecule has 232 valence electrons. The van der Waals surface area contributed by atoms with Gasteiger partial charge in [-0.1, -0.05) is 115 Å². The van der Waals surface area contributed by atoms with E-state index in [1.165, 1.54) is 0 Å². The monoisotopic (exact) mass is 620 g/mol. The second-order valence-corrected chi connectivity index (χ2v) is 11.3. The summed E-state index contributed by atoms with van der Waals surface area (Å²) in [6, 6.07) is 40.7. The second-order valence-electron chi connectivity index (χ2n) is 11.3. The van der Waals surface area contributed by atoms with Gasteiger partial charge in [0.25, 0.3) is 0 Å². The Bertz CT molecular complexity index is 2260. The Labute approximate surface area is 272 Å². The first-order chi connectivity index (χ1) is 23.1. The van der Waals surface area contributed by atoms with Gasteiger partial charge in [-0.15, -0.1) is 0 Å². The Morgan fingerprint density at radius 3 is 1.40 bits per heavy atom. The first kappa shape index (κ1) is 29.8. The zero-order valence-electron chi connectivity index (χ0n) is 25.9. The highest BCUT2D eigenvalue weighted by molar-refractivity contribution is 6.11. The Morgan fingerprint density at radius 2 is 0.872 bits per heavy atom. The topological polar surface area (TPSA) is 71.1 Å². The number of rotatable bonds is 10. The maximum atomic E-state index is 13.0. The molecule has 0 aliphatic carbocycles. The summed E-state index contributed by atoms with van der Waals surface area (Å²) in [6.45, 7) is 2.55. The average Bonchev–Trinajstić information content (AvgIpc) is 3.11. The fraction of sp³-hybridized carbons (Fsp3) is 0.122. The van der Waals surface area contributed by atoms with Crippen LogP contribution in [0, 0.1) is 6.92 Å². The van der Waals surface area contributed by atoms with Crippen molar-refractivity contribution in [2.75, 3.05) is 26.4 Å². The number of benzene rings is 7. The van der Waals surface area contributed by atoms with Crippen molar-refractivity contribution in [1.82, 2.24) is 0 Å². The molecule has 0 aliphatic heterocycles. The van der Waals surface area contributed by atoms with Gasteiger partial charge in [-0.3, -0.25) is 0 Å². The summed E-state index contributed by atoms with van der Waals surface area (Å²) >= 11 is 0. The summed E-state index contributed by atoms with van der Waals surface area (Å²) < 4.78 is 24.0. The summed E-state index contributed by atoms with van der Waals surface area (Å²) in [5.41, 5.74) is 2.12. The average molecular weight is 621 g/mol. The van der Waals surface area contributed by atoms with E-state index in [-0.39, 0.29) is 38.4 Å². The number of hydrogen-bond donors (Lipinski definition) is 0. The molecule has 6 heteroatoms. The van der Waals surface area contributed by atoms with Crippen molar-refractivity contribution >= 4 is 55.0 Å². The predicted octanol–water partition coefficient (Wildman–Crippen LogP) is 9.08. The van der Waals surface area contributed by atoms with Crippen LogP contribution in [0.5, 0.6) is 11.5 Å². The van der Waals surface area contributed by atoms with E-state index in [4.69, 9.17) is 18.9 Å². The predicted molar refractivity (Wildman–Crippen MR) is 186 cm³/mol. The first-order valence-electron chi connectivity index (χ1n) is 15.6. The van der Waals surface area contributed by atoms with Gasteiger partial charge in [0.1, 0.15) is 37.9 Å². The highest BCUT2D eigenvalue weighted by Gasteiger charge is 2.18. The minimum atomic E-state index is -0.388. The third kappa shape index (κ3) is 6.06. The molecule has 0 aliphatic rings. The second kappa shape index (κ2) is 13.2. The normalized spacial score (nSPS) is 11.2. The molecule has 47 heavy (non-hydrogen) atoms. The molecular formula is C41H32O6. The third-order valence-electron chi connectivity index (χ3n) is 8.23. The number of hydrogen-bond acceptors (Lipinski definition) is 6. The Morgan fingerprint density at radius 1 is 0.447 bits per heavy atom. The standard InChI is InChI=1S/C41H32O6/c1-27-20-21-34-37(26-27)39(45-23-25-47-41(43)36-19-9-13-29-11-3-5-15-31(29)36)33-17-7-6-16-32(33)38(34)44-22-24-46-40(42)35-18-8-12-28-10-2-4-14-30(28)35/h2-21,26H,22-25H2,1H3. The molecule has 0 atom stereocenters. The Balaban J connectivity index is 1.08. The zero-order valence-corrected chi connectivity index (χ0v) is 25.9. The van der Waals surface area contributed by atoms with Gasteiger partial charge >= 0.3 is 11.9 Å². The van der Waals surface area contributed by atoms with Crippen LogP contribution in [0.25, 0.3) is 43.1 Å². The zero-order chi connectivity index (χ0) is 32.2. The van der Waals surface area contributed by atoms with Crippen LogP contribution in [0.15, 0.2) is 127 Å². The Kier molecular flexibility index (Phi) is 8.39. The van der Waals surface area contributed by atoms with E-state index < -0.39 is 0 Å². The van der Waals surface area contributed by atoms with Gasteiger partial charge < -0.3 is 18.9 Å². The number of aryl methyl sites for hydroxylation is 1. The van der Waals surface area contributed by atoms with E-state index in [2.05, 4.69) is 6.07 Å². The van der Waals surface area contributed by atoms with Crippen molar-refractivity contribution in [2.24, 2.45) is 0 Å². The summed E-state index contributed by atoms with van der Waals surface area (Å²) in [4.78, 5) is 25.9. The van der Waals surface area contributed by atoms with E-state index in [0.717, 1.165) is 48.7 Å². The van der Waals surface area contributed by atoms with Gasteiger partial charge in [-0.25, -0.2) is 9.59 Å². The van der Waals surface area contributed by atoms with Gasteiger partial charge in [-0.05, 0) is 46.7 Å². The highest BCUT2D eigenvalue weighted by Crippen LogP contribution is 2.43. The summed E-state index contributed by atoms with van der Waals surface area (Å²) in [6.07, 6.45) is 0. The van der Waals surface area contributed by atoms with Crippen LogP contribution in [-0.4, -0.2) is 38.4 Å². The highest BCUT2D eigenvalue weighted by atomic mass is 16.6. The molecular weight excluding hydrogens is 588 g/mol. The number of esters is 2. The quantitative estimate of drug-likeness (QED) is 0.0863. The lowest BCUT2D eigenvalue weighted by Gasteiger charge is -2.18. The summed E-state index contributed by atoms with van der Waals surface area (Å²) in [5, 5.41) is 7.16. The van der Waals surface area contributed by atoms with Gasteiger partial charge in [-0.2, -0.15) is 0 Å². The van der Waals surface area contributed by atoms with Gasteiger partial charge in [0.2, 0.25) is 0 Å². The van der Waals surface area contributed by atoms with E-state index in [9.17, 15) is 9.59 Å². The minimum Gasteiger partial charge on any atom is -0.489 e. The van der Waals surface area contributed by atoms with Crippen LogP contribution in [0.2, 0.25) is 0 Å². The molecule has 0 heterocycles. The molecule has 0 aromatic heterocycles. The molecule has 7 rings (SSSR count). The molecule has 0 amide bonds. The fourth-order valence-corrected chi connectivity index (χ4v) is 6.04. The van der Waals surface area contributed by atoms with Crippen LogP contribution in [0.1, 0.15) is 26.3 Å². The molecule has 0 unspecified atom stereocenters. The SMILES string of the molecule is Cc1ccc2c(OCCOC(=O)c3cccc4ccccc34)c3ccccc3c(OCCOC(=O)c3cccc4ccccc34)c2c1. The number of carbonyl (C=O) groups excluding carboxylic acids is 2. The van der Waals surface area contributed by atoms with Crippen LogP contribution in [-0.2, 0) is 9.47 Å². The molecule has 0 fully saturated rings. The Hall–Kier alpha value is -5.88. The molecule has 0 radical (unpaired) electrons. The number of carbonyl (C=O) groups is 2. The van der Waals surface area contributed by atoms with Crippen molar-refractivity contribution in [2.45, 2.75) is 6.92 Å². The molecule has 0 saturated heterocycles. The van der Waals surface area contributed by atoms with Crippen LogP contribution >= 0.6 is 0 Å². The van der Waals surface area contributed by atoms with E-state index in [1.807, 2.05) is 116 Å². The molecule has 7 aromatic rings. The van der Waals surface area contributed by atoms with Gasteiger partial charge in [0, 0.05) is 21.5 Å². The minimum absolute atomic E-state index is 0.0873. The van der Waals surface area contributed by atoms with Crippen molar-refractivity contribution in [3.05, 3.63) is 144 Å². The van der Waals surface area contributed by atoms with Gasteiger partial charge in [0.05, 0.1) is 11.1 Å². The summed E-state index contributed by atoms with van der Waals surface area (Å²) in [7, 11) is 0. The first-order valence-corrected chi connectivity index (χ1v) is 15.6. The lowest BCUT2D eigenvalue weighted by molar-refractivity contribution is 0.0445. The van der Waals surface area contributed by atoms with Gasteiger partial charge in [0.15, 0.2) is 0 Å². The molecule has 0 N–H and O–H groups in total. The van der Waals surface area contributed by atoms with Crippen LogP contribution in [0.3, 0.4) is 0 Å². The van der Waals surface area contributed by atoms with Crippen molar-refractivity contribution in [3.63, 3.8) is 0 Å². The smallest absolute Gasteiger partial charge is 0.338 e. The molecule has 6 nitrogen and oxygen atoms in total. The molecule has 7 aromatic carbocycles. The summed E-state index contributed by atoms with van der Waals surface area (Å²) in [5.74, 6) is 0.600. The maximum Gasteiger partial charge on any atom is 0.338 e. The van der Waals surface area contributed by atoms with Crippen LogP contribution < -0.4 is 9.47 Å². The lowest BCUT2D eigenvalue weighted by atomic mass is 9.99. The molecule has 0 bridgehead atoms. The van der Waals surface area contributed by atoms with E-state index in [0.29, 0.717) is 22.6 Å². The third-order valence-corrected chi connectivity index (χ3v) is 8.23. The lowest BCUT2D eigenvalue weighted by Crippen LogP contribution is -2.14. The largest absolute Gasteiger partial charge is 0.489 e. The van der Waals surface area contributed by atoms with Crippen molar-refractivity contribution in [3.8, 4) is 11.5 Å². The molecule has 0 spiro atoms. The number of ether oxygens (including phenoxy) is 4. The maximum absolute atomic E-state index is 13.0. The van der Waals surface area contributed by atoms with E-state index >= 15 is 0 Å². The number of fused-ring (bicyclic) bond motifs is 4. The van der Waals surface area contributed by atoms with Crippen LogP contribution in [0.4, 0.5) is 0 Å². The van der Waals surface area contributed by atoms with Crippen molar-refractivity contribution < 1.29 is 28.5 Å². The van der Waals surface area contributed by atoms with Crippen molar-refractivity contribution in [1.29, 1.82) is 0 Å². The van der Waals surface area contributed by atoms with E-state index in [1.54, 1.807) is 12.1 Å². The fourth-order valence-electron chi connectivity index (χ4n) is 6.04.